The highest BCUT2D eigenvalue weighted by molar-refractivity contribution is 7.16. The van der Waals surface area contributed by atoms with Gasteiger partial charge >= 0.3 is 0 Å². The first kappa shape index (κ1) is 18.1. The number of carbonyl (C=O) groups is 1. The Kier molecular flexibility index (Phi) is 4.04. The van der Waals surface area contributed by atoms with Crippen molar-refractivity contribution in [1.82, 2.24) is 24.2 Å². The van der Waals surface area contributed by atoms with Crippen LogP contribution >= 0.6 is 11.3 Å². The third-order valence-electron chi connectivity index (χ3n) is 5.69. The van der Waals surface area contributed by atoms with Crippen molar-refractivity contribution in [2.24, 2.45) is 0 Å². The SMILES string of the molecule is Cc1cccc(-n2nc3c(c2-n2cccc2)CN(C(=O)c2ccc4ncsc4c2)C3)c1. The van der Waals surface area contributed by atoms with Crippen LogP contribution in [-0.4, -0.2) is 30.1 Å². The van der Waals surface area contributed by atoms with Crippen molar-refractivity contribution >= 4 is 27.5 Å². The Morgan fingerprint density at radius 1 is 1.03 bits per heavy atom. The molecule has 31 heavy (non-hydrogen) atoms. The molecule has 0 aliphatic carbocycles. The lowest BCUT2D eigenvalue weighted by Crippen LogP contribution is -2.26. The normalized spacial score (nSPS) is 13.1. The van der Waals surface area contributed by atoms with Gasteiger partial charge in [-0.25, -0.2) is 9.67 Å². The summed E-state index contributed by atoms with van der Waals surface area (Å²) in [6.45, 7) is 3.12. The van der Waals surface area contributed by atoms with E-state index in [0.717, 1.165) is 33.0 Å². The molecule has 6 nitrogen and oxygen atoms in total. The Hall–Kier alpha value is -3.71. The van der Waals surface area contributed by atoms with Gasteiger partial charge in [-0.2, -0.15) is 5.10 Å². The molecular formula is C24H19N5OS. The van der Waals surface area contributed by atoms with Crippen LogP contribution in [0.3, 0.4) is 0 Å². The summed E-state index contributed by atoms with van der Waals surface area (Å²) in [7, 11) is 0. The van der Waals surface area contributed by atoms with Crippen LogP contribution in [0.15, 0.2) is 72.5 Å². The second-order valence-electron chi connectivity index (χ2n) is 7.79. The zero-order chi connectivity index (χ0) is 20.9. The molecule has 1 aliphatic rings. The van der Waals surface area contributed by atoms with Crippen molar-refractivity contribution in [2.45, 2.75) is 20.0 Å². The highest BCUT2D eigenvalue weighted by atomic mass is 32.1. The van der Waals surface area contributed by atoms with Gasteiger partial charge in [0.05, 0.1) is 40.2 Å². The molecule has 0 bridgehead atoms. The number of aromatic nitrogens is 4. The van der Waals surface area contributed by atoms with Gasteiger partial charge < -0.3 is 9.47 Å². The molecule has 0 N–H and O–H groups in total. The predicted octanol–water partition coefficient (Wildman–Crippen LogP) is 4.74. The van der Waals surface area contributed by atoms with Gasteiger partial charge in [0.25, 0.3) is 5.91 Å². The van der Waals surface area contributed by atoms with Crippen LogP contribution in [0.1, 0.15) is 27.2 Å². The van der Waals surface area contributed by atoms with Gasteiger partial charge in [0, 0.05) is 23.5 Å². The summed E-state index contributed by atoms with van der Waals surface area (Å²) in [6, 6.07) is 18.0. The van der Waals surface area contributed by atoms with Crippen molar-refractivity contribution in [3.63, 3.8) is 0 Å². The number of fused-ring (bicyclic) bond motifs is 2. The van der Waals surface area contributed by atoms with Crippen molar-refractivity contribution in [2.75, 3.05) is 0 Å². The number of aryl methyl sites for hydroxylation is 1. The van der Waals surface area contributed by atoms with E-state index in [9.17, 15) is 4.79 Å². The molecule has 0 radical (unpaired) electrons. The lowest BCUT2D eigenvalue weighted by Gasteiger charge is -2.18. The summed E-state index contributed by atoms with van der Waals surface area (Å²) < 4.78 is 5.09. The molecule has 5 aromatic rings. The van der Waals surface area contributed by atoms with Crippen molar-refractivity contribution in [1.29, 1.82) is 0 Å². The largest absolute Gasteiger partial charge is 0.328 e. The lowest BCUT2D eigenvalue weighted by molar-refractivity contribution is 0.0749. The van der Waals surface area contributed by atoms with E-state index in [1.807, 2.05) is 63.9 Å². The zero-order valence-electron chi connectivity index (χ0n) is 16.9. The number of benzene rings is 2. The van der Waals surface area contributed by atoms with Gasteiger partial charge in [0.1, 0.15) is 5.82 Å². The Balaban J connectivity index is 1.39. The number of thiazole rings is 1. The molecule has 0 unspecified atom stereocenters. The molecule has 152 valence electrons. The predicted molar refractivity (Wildman–Crippen MR) is 121 cm³/mol. The molecule has 0 spiro atoms. The molecule has 1 aliphatic heterocycles. The summed E-state index contributed by atoms with van der Waals surface area (Å²) in [5.74, 6) is 1.01. The van der Waals surface area contributed by atoms with E-state index < -0.39 is 0 Å². The topological polar surface area (TPSA) is 56.0 Å². The molecule has 6 rings (SSSR count). The van der Waals surface area contributed by atoms with Gasteiger partial charge in [-0.3, -0.25) is 4.79 Å². The molecule has 7 heteroatoms. The molecule has 0 atom stereocenters. The van der Waals surface area contributed by atoms with Gasteiger partial charge in [-0.05, 0) is 55.0 Å². The van der Waals surface area contributed by atoms with Crippen molar-refractivity contribution in [3.8, 4) is 11.5 Å². The molecule has 1 amide bonds. The minimum absolute atomic E-state index is 0.0221. The summed E-state index contributed by atoms with van der Waals surface area (Å²) in [5.41, 5.74) is 7.66. The Bertz CT molecular complexity index is 1430. The zero-order valence-corrected chi connectivity index (χ0v) is 17.7. The number of hydrogen-bond acceptors (Lipinski definition) is 4. The quantitative estimate of drug-likeness (QED) is 0.420. The Morgan fingerprint density at radius 3 is 2.74 bits per heavy atom. The van der Waals surface area contributed by atoms with Gasteiger partial charge in [-0.1, -0.05) is 12.1 Å². The second-order valence-corrected chi connectivity index (χ2v) is 8.67. The molecule has 0 saturated heterocycles. The summed E-state index contributed by atoms with van der Waals surface area (Å²) in [4.78, 5) is 19.4. The fourth-order valence-electron chi connectivity index (χ4n) is 4.20. The fourth-order valence-corrected chi connectivity index (χ4v) is 4.91. The van der Waals surface area contributed by atoms with Gasteiger partial charge in [0.15, 0.2) is 0 Å². The average Bonchev–Trinajstić information content (AvgIpc) is 3.55. The van der Waals surface area contributed by atoms with Crippen LogP contribution in [-0.2, 0) is 13.1 Å². The van der Waals surface area contributed by atoms with E-state index in [4.69, 9.17) is 5.10 Å². The van der Waals surface area contributed by atoms with Gasteiger partial charge in [-0.15, -0.1) is 11.3 Å². The summed E-state index contributed by atoms with van der Waals surface area (Å²) in [6.07, 6.45) is 4.04. The third-order valence-corrected chi connectivity index (χ3v) is 6.48. The molecule has 4 heterocycles. The number of nitrogens with zero attached hydrogens (tertiary/aromatic N) is 5. The van der Waals surface area contributed by atoms with E-state index >= 15 is 0 Å². The van der Waals surface area contributed by atoms with Crippen LogP contribution < -0.4 is 0 Å². The molecule has 0 saturated carbocycles. The minimum atomic E-state index is 0.0221. The number of hydrogen-bond donors (Lipinski definition) is 0. The van der Waals surface area contributed by atoms with Crippen LogP contribution in [0.2, 0.25) is 0 Å². The van der Waals surface area contributed by atoms with Gasteiger partial charge in [0.2, 0.25) is 0 Å². The highest BCUT2D eigenvalue weighted by Crippen LogP contribution is 2.32. The first-order chi connectivity index (χ1) is 15.2. The van der Waals surface area contributed by atoms with E-state index in [0.29, 0.717) is 18.7 Å². The molecule has 3 aromatic heterocycles. The van der Waals surface area contributed by atoms with Crippen LogP contribution in [0, 0.1) is 6.92 Å². The second kappa shape index (κ2) is 6.92. The average molecular weight is 426 g/mol. The lowest BCUT2D eigenvalue weighted by atomic mass is 10.2. The fraction of sp³-hybridized carbons (Fsp3) is 0.125. The monoisotopic (exact) mass is 425 g/mol. The van der Waals surface area contributed by atoms with E-state index in [2.05, 4.69) is 34.7 Å². The van der Waals surface area contributed by atoms with E-state index in [1.165, 1.54) is 5.56 Å². The van der Waals surface area contributed by atoms with Crippen LogP contribution in [0.25, 0.3) is 21.7 Å². The summed E-state index contributed by atoms with van der Waals surface area (Å²) in [5, 5.41) is 4.92. The van der Waals surface area contributed by atoms with Crippen LogP contribution in [0.4, 0.5) is 0 Å². The van der Waals surface area contributed by atoms with E-state index in [1.54, 1.807) is 11.3 Å². The highest BCUT2D eigenvalue weighted by Gasteiger charge is 2.32. The Morgan fingerprint density at radius 2 is 1.90 bits per heavy atom. The van der Waals surface area contributed by atoms with E-state index in [-0.39, 0.29) is 5.91 Å². The maximum atomic E-state index is 13.2. The molecule has 0 fully saturated rings. The molecule has 2 aromatic carbocycles. The van der Waals surface area contributed by atoms with Crippen molar-refractivity contribution in [3.05, 3.63) is 94.9 Å². The summed E-state index contributed by atoms with van der Waals surface area (Å²) >= 11 is 1.55. The maximum Gasteiger partial charge on any atom is 0.254 e. The Labute approximate surface area is 183 Å². The first-order valence-corrected chi connectivity index (χ1v) is 11.0. The third kappa shape index (κ3) is 2.97. The first-order valence-electron chi connectivity index (χ1n) is 10.1. The number of rotatable bonds is 3. The standard InChI is InChI=1S/C24H19N5OS/c1-16-5-4-6-18(11-16)29-23(27-9-2-3-10-27)19-13-28(14-21(19)26-29)24(30)17-7-8-20-22(12-17)31-15-25-20/h2-12,15H,13-14H2,1H3. The number of carbonyl (C=O) groups excluding carboxylic acids is 1. The number of amides is 1. The minimum Gasteiger partial charge on any atom is -0.328 e. The smallest absolute Gasteiger partial charge is 0.254 e. The van der Waals surface area contributed by atoms with Crippen molar-refractivity contribution < 1.29 is 4.79 Å². The maximum absolute atomic E-state index is 13.2. The molecular weight excluding hydrogens is 406 g/mol. The van der Waals surface area contributed by atoms with Crippen LogP contribution in [0.5, 0.6) is 0 Å².